The van der Waals surface area contributed by atoms with Crippen LogP contribution in [-0.4, -0.2) is 33.1 Å². The largest absolute Gasteiger partial charge is 0.492 e. The van der Waals surface area contributed by atoms with Gasteiger partial charge in [-0.1, -0.05) is 62.4 Å². The molecule has 1 atom stereocenters. The maximum Gasteiger partial charge on any atom is 0.264 e. The van der Waals surface area contributed by atoms with Gasteiger partial charge in [-0.05, 0) is 50.1 Å². The second kappa shape index (κ2) is 11.3. The van der Waals surface area contributed by atoms with E-state index in [4.69, 9.17) is 9.47 Å². The molecule has 0 saturated carbocycles. The van der Waals surface area contributed by atoms with Crippen LogP contribution in [0.2, 0.25) is 0 Å². The molecule has 37 heavy (non-hydrogen) atoms. The summed E-state index contributed by atoms with van der Waals surface area (Å²) >= 11 is 0. The summed E-state index contributed by atoms with van der Waals surface area (Å²) in [5, 5.41) is 3.11. The highest BCUT2D eigenvalue weighted by Gasteiger charge is 2.39. The predicted molar refractivity (Wildman–Crippen MR) is 144 cm³/mol. The van der Waals surface area contributed by atoms with Gasteiger partial charge in [0.2, 0.25) is 5.91 Å². The number of fused-ring (bicyclic) bond motifs is 1. The van der Waals surface area contributed by atoms with Gasteiger partial charge in [-0.25, -0.2) is 8.42 Å². The Morgan fingerprint density at radius 2 is 1.62 bits per heavy atom. The number of anilines is 1. The van der Waals surface area contributed by atoms with E-state index in [0.29, 0.717) is 24.5 Å². The van der Waals surface area contributed by atoms with Gasteiger partial charge in [-0.3, -0.25) is 9.10 Å². The number of nitrogens with zero attached hydrogens (tertiary/aromatic N) is 1. The lowest BCUT2D eigenvalue weighted by Crippen LogP contribution is -2.47. The minimum Gasteiger partial charge on any atom is -0.492 e. The molecule has 4 rings (SSSR count). The number of carbonyl (C=O) groups excluding carboxylic acids is 1. The smallest absolute Gasteiger partial charge is 0.264 e. The van der Waals surface area contributed by atoms with Crippen molar-refractivity contribution in [3.63, 3.8) is 0 Å². The third-order valence-corrected chi connectivity index (χ3v) is 8.65. The van der Waals surface area contributed by atoms with Crippen LogP contribution in [0.25, 0.3) is 0 Å². The van der Waals surface area contributed by atoms with Gasteiger partial charge >= 0.3 is 0 Å². The molecule has 1 heterocycles. The average molecular weight is 523 g/mol. The number of para-hydroxylation sites is 3. The van der Waals surface area contributed by atoms with Crippen LogP contribution in [0.1, 0.15) is 51.6 Å². The number of hydrogen-bond donors (Lipinski definition) is 1. The Kier molecular flexibility index (Phi) is 8.07. The summed E-state index contributed by atoms with van der Waals surface area (Å²) in [6.45, 7) is 5.95. The van der Waals surface area contributed by atoms with Gasteiger partial charge in [0.15, 0.2) is 0 Å². The summed E-state index contributed by atoms with van der Waals surface area (Å²) in [6, 6.07) is 22.4. The molecule has 7 nitrogen and oxygen atoms in total. The summed E-state index contributed by atoms with van der Waals surface area (Å²) in [5.41, 5.74) is 0.802. The maximum absolute atomic E-state index is 13.8. The van der Waals surface area contributed by atoms with Gasteiger partial charge in [-0.15, -0.1) is 0 Å². The molecule has 196 valence electrons. The summed E-state index contributed by atoms with van der Waals surface area (Å²) in [5.74, 6) is 0.733. The van der Waals surface area contributed by atoms with E-state index in [1.54, 1.807) is 42.5 Å². The van der Waals surface area contributed by atoms with Gasteiger partial charge in [0, 0.05) is 12.0 Å². The minimum absolute atomic E-state index is 0.0986. The monoisotopic (exact) mass is 522 g/mol. The van der Waals surface area contributed by atoms with Crippen LogP contribution in [0.4, 0.5) is 5.69 Å². The van der Waals surface area contributed by atoms with Crippen molar-refractivity contribution in [1.82, 2.24) is 5.32 Å². The molecule has 0 aliphatic carbocycles. The van der Waals surface area contributed by atoms with E-state index in [2.05, 4.69) is 19.2 Å². The zero-order chi connectivity index (χ0) is 26.5. The lowest BCUT2D eigenvalue weighted by Gasteiger charge is -2.41. The van der Waals surface area contributed by atoms with E-state index in [-0.39, 0.29) is 10.9 Å². The van der Waals surface area contributed by atoms with E-state index in [0.717, 1.165) is 28.5 Å². The molecule has 0 saturated heterocycles. The molecule has 0 spiro atoms. The number of amides is 1. The van der Waals surface area contributed by atoms with Gasteiger partial charge in [-0.2, -0.15) is 0 Å². The lowest BCUT2D eigenvalue weighted by molar-refractivity contribution is -0.121. The zero-order valence-electron chi connectivity index (χ0n) is 21.5. The molecule has 3 aromatic rings. The van der Waals surface area contributed by atoms with Crippen LogP contribution in [-0.2, 0) is 14.8 Å². The second-order valence-corrected chi connectivity index (χ2v) is 10.9. The maximum atomic E-state index is 13.8. The Morgan fingerprint density at radius 1 is 0.973 bits per heavy atom. The number of rotatable bonds is 10. The van der Waals surface area contributed by atoms with Crippen molar-refractivity contribution in [3.8, 4) is 11.5 Å². The number of ether oxygens (including phenoxy) is 2. The third kappa shape index (κ3) is 5.59. The summed E-state index contributed by atoms with van der Waals surface area (Å²) < 4.78 is 40.8. The molecule has 1 amide bonds. The van der Waals surface area contributed by atoms with Crippen molar-refractivity contribution in [2.45, 2.75) is 56.6 Å². The second-order valence-electron chi connectivity index (χ2n) is 9.08. The Labute approximate surface area is 219 Å². The Bertz CT molecular complexity index is 1320. The van der Waals surface area contributed by atoms with Crippen LogP contribution in [0.15, 0.2) is 83.8 Å². The van der Waals surface area contributed by atoms with Gasteiger partial charge in [0.05, 0.1) is 23.2 Å². The summed E-state index contributed by atoms with van der Waals surface area (Å²) in [4.78, 5) is 13.6. The molecule has 0 aromatic heterocycles. The number of hydrogen-bond acceptors (Lipinski definition) is 5. The highest BCUT2D eigenvalue weighted by molar-refractivity contribution is 7.92. The highest BCUT2D eigenvalue weighted by atomic mass is 32.2. The van der Waals surface area contributed by atoms with Crippen molar-refractivity contribution >= 4 is 21.6 Å². The summed E-state index contributed by atoms with van der Waals surface area (Å²) in [7, 11) is -4.06. The van der Waals surface area contributed by atoms with E-state index in [1.165, 1.54) is 12.1 Å². The van der Waals surface area contributed by atoms with Crippen LogP contribution in [0.3, 0.4) is 0 Å². The predicted octanol–water partition coefficient (Wildman–Crippen LogP) is 5.48. The Balaban J connectivity index is 1.68. The SMILES string of the molecule is CCOc1ccccc1N(CC(=O)NC1CC(CC)(CC)Oc2ccccc21)S(=O)(=O)c1ccccc1. The fraction of sp³-hybridized carbons (Fsp3) is 0.345. The molecule has 1 unspecified atom stereocenters. The highest BCUT2D eigenvalue weighted by Crippen LogP contribution is 2.42. The topological polar surface area (TPSA) is 84.9 Å². The Hall–Kier alpha value is -3.52. The Morgan fingerprint density at radius 3 is 2.32 bits per heavy atom. The number of benzene rings is 3. The van der Waals surface area contributed by atoms with Crippen molar-refractivity contribution in [2.75, 3.05) is 17.5 Å². The fourth-order valence-corrected chi connectivity index (χ4v) is 6.21. The van der Waals surface area contributed by atoms with Gasteiger partial charge in [0.1, 0.15) is 23.6 Å². The first-order valence-electron chi connectivity index (χ1n) is 12.7. The van der Waals surface area contributed by atoms with Crippen molar-refractivity contribution in [1.29, 1.82) is 0 Å². The quantitative estimate of drug-likeness (QED) is 0.381. The average Bonchev–Trinajstić information content (AvgIpc) is 2.92. The summed E-state index contributed by atoms with van der Waals surface area (Å²) in [6.07, 6.45) is 2.19. The number of nitrogens with one attached hydrogen (secondary N) is 1. The van der Waals surface area contributed by atoms with Crippen LogP contribution in [0, 0.1) is 0 Å². The number of carbonyl (C=O) groups is 1. The van der Waals surface area contributed by atoms with Crippen molar-refractivity contribution in [3.05, 3.63) is 84.4 Å². The molecule has 0 bridgehead atoms. The first-order valence-corrected chi connectivity index (χ1v) is 14.1. The van der Waals surface area contributed by atoms with E-state index >= 15 is 0 Å². The zero-order valence-corrected chi connectivity index (χ0v) is 22.3. The third-order valence-electron chi connectivity index (χ3n) is 6.87. The van der Waals surface area contributed by atoms with Gasteiger partial charge in [0.25, 0.3) is 10.0 Å². The molecule has 3 aromatic carbocycles. The normalized spacial score (nSPS) is 16.2. The molecule has 1 aliphatic rings. The number of sulfonamides is 1. The minimum atomic E-state index is -4.06. The van der Waals surface area contributed by atoms with Crippen LogP contribution in [0.5, 0.6) is 11.5 Å². The molecule has 0 radical (unpaired) electrons. The van der Waals surface area contributed by atoms with Crippen molar-refractivity contribution < 1.29 is 22.7 Å². The lowest BCUT2D eigenvalue weighted by atomic mass is 9.83. The van der Waals surface area contributed by atoms with E-state index in [1.807, 2.05) is 31.2 Å². The van der Waals surface area contributed by atoms with Gasteiger partial charge < -0.3 is 14.8 Å². The molecule has 0 fully saturated rings. The molecular weight excluding hydrogens is 488 g/mol. The van der Waals surface area contributed by atoms with Crippen molar-refractivity contribution in [2.24, 2.45) is 0 Å². The van der Waals surface area contributed by atoms with Crippen LogP contribution >= 0.6 is 0 Å². The van der Waals surface area contributed by atoms with Crippen LogP contribution < -0.4 is 19.1 Å². The molecule has 1 N–H and O–H groups in total. The first-order chi connectivity index (χ1) is 17.8. The van der Waals surface area contributed by atoms with E-state index < -0.39 is 28.1 Å². The molecular formula is C29H34N2O5S. The first kappa shape index (κ1) is 26.5. The molecule has 1 aliphatic heterocycles. The van der Waals surface area contributed by atoms with E-state index in [9.17, 15) is 13.2 Å². The fourth-order valence-electron chi connectivity index (χ4n) is 4.76. The standard InChI is InChI=1S/C29H34N2O5S/c1-4-29(5-2)20-24(23-16-10-12-18-26(23)36-29)30-28(32)21-31(25-17-11-13-19-27(25)35-6-3)37(33,34)22-14-8-7-9-15-22/h7-19,24H,4-6,20-21H2,1-3H3,(H,30,32). The molecule has 8 heteroatoms.